The summed E-state index contributed by atoms with van der Waals surface area (Å²) in [5.41, 5.74) is 3.55. The molecule has 0 saturated heterocycles. The fourth-order valence-corrected chi connectivity index (χ4v) is 5.56. The monoisotopic (exact) mass is 470 g/mol. The lowest BCUT2D eigenvalue weighted by atomic mass is 9.97. The summed E-state index contributed by atoms with van der Waals surface area (Å²) in [5.74, 6) is 1.52. The molecule has 0 atom stereocenters. The van der Waals surface area contributed by atoms with Gasteiger partial charge in [-0.05, 0) is 55.2 Å². The van der Waals surface area contributed by atoms with E-state index in [2.05, 4.69) is 15.2 Å². The number of carbonyl (C=O) groups is 1. The van der Waals surface area contributed by atoms with Crippen molar-refractivity contribution in [3.63, 3.8) is 0 Å². The number of hydrogen-bond donors (Lipinski definition) is 0. The van der Waals surface area contributed by atoms with Crippen molar-refractivity contribution >= 4 is 17.5 Å². The first-order valence-corrected chi connectivity index (χ1v) is 12.4. The minimum absolute atomic E-state index is 0.0527. The maximum Gasteiger partial charge on any atom is 0.196 e. The Balaban J connectivity index is 1.35. The molecule has 0 bridgehead atoms. The van der Waals surface area contributed by atoms with E-state index in [0.717, 1.165) is 33.5 Å². The fraction of sp³-hybridized carbons (Fsp3) is 0.259. The maximum absolute atomic E-state index is 12.0. The molecule has 2 heterocycles. The van der Waals surface area contributed by atoms with Crippen molar-refractivity contribution in [2.75, 3.05) is 0 Å². The van der Waals surface area contributed by atoms with Gasteiger partial charge in [-0.1, -0.05) is 61.0 Å². The second-order valence-corrected chi connectivity index (χ2v) is 9.65. The number of Topliss-reactive ketones (excluding diaryl/α,β-unsaturated/α-hetero) is 1. The van der Waals surface area contributed by atoms with Gasteiger partial charge >= 0.3 is 0 Å². The standard InChI is InChI=1S/C27H26N4O2S/c1-19(32)24-10-4-5-11-25(24)20-12-14-22(15-13-20)33-18-26-29-30-27(34-23-8-2-3-9-23)31(26)21-7-6-16-28-17-21/h4-7,10-17,23H,2-3,8-9,18H2,1H3. The van der Waals surface area contributed by atoms with Crippen LogP contribution < -0.4 is 4.74 Å². The molecule has 7 heteroatoms. The van der Waals surface area contributed by atoms with Gasteiger partial charge in [-0.3, -0.25) is 14.3 Å². The molecule has 1 saturated carbocycles. The molecule has 2 aromatic heterocycles. The van der Waals surface area contributed by atoms with Crippen LogP contribution in [0.25, 0.3) is 16.8 Å². The summed E-state index contributed by atoms with van der Waals surface area (Å²) in [4.78, 5) is 16.3. The summed E-state index contributed by atoms with van der Waals surface area (Å²) in [6.07, 6.45) is 8.58. The van der Waals surface area contributed by atoms with Gasteiger partial charge in [0, 0.05) is 17.0 Å². The van der Waals surface area contributed by atoms with Crippen molar-refractivity contribution in [3.8, 4) is 22.6 Å². The molecule has 4 aromatic rings. The summed E-state index contributed by atoms with van der Waals surface area (Å²) in [6, 6.07) is 19.4. The normalized spacial score (nSPS) is 13.8. The minimum Gasteiger partial charge on any atom is -0.486 e. The van der Waals surface area contributed by atoms with Gasteiger partial charge in [0.05, 0.1) is 11.9 Å². The van der Waals surface area contributed by atoms with E-state index in [9.17, 15) is 4.79 Å². The second-order valence-electron chi connectivity index (χ2n) is 8.38. The molecule has 1 fully saturated rings. The largest absolute Gasteiger partial charge is 0.486 e. The van der Waals surface area contributed by atoms with E-state index in [0.29, 0.717) is 10.8 Å². The van der Waals surface area contributed by atoms with Gasteiger partial charge in [0.2, 0.25) is 0 Å². The maximum atomic E-state index is 12.0. The Bertz CT molecular complexity index is 1270. The number of hydrogen-bond acceptors (Lipinski definition) is 6. The van der Waals surface area contributed by atoms with E-state index in [1.165, 1.54) is 25.7 Å². The average Bonchev–Trinajstić information content (AvgIpc) is 3.54. The van der Waals surface area contributed by atoms with Gasteiger partial charge in [0.15, 0.2) is 16.8 Å². The smallest absolute Gasteiger partial charge is 0.196 e. The van der Waals surface area contributed by atoms with E-state index in [-0.39, 0.29) is 12.4 Å². The zero-order valence-electron chi connectivity index (χ0n) is 19.1. The summed E-state index contributed by atoms with van der Waals surface area (Å²) in [7, 11) is 0. The molecule has 5 rings (SSSR count). The molecule has 6 nitrogen and oxygen atoms in total. The van der Waals surface area contributed by atoms with Crippen LogP contribution >= 0.6 is 11.8 Å². The van der Waals surface area contributed by atoms with Gasteiger partial charge in [0.25, 0.3) is 0 Å². The van der Waals surface area contributed by atoms with Crippen LogP contribution in [-0.4, -0.2) is 30.8 Å². The average molecular weight is 471 g/mol. The first-order chi connectivity index (χ1) is 16.7. The highest BCUT2D eigenvalue weighted by molar-refractivity contribution is 7.99. The number of benzene rings is 2. The molecule has 1 aliphatic carbocycles. The van der Waals surface area contributed by atoms with Gasteiger partial charge in [-0.2, -0.15) is 0 Å². The first-order valence-electron chi connectivity index (χ1n) is 11.5. The molecular weight excluding hydrogens is 444 g/mol. The predicted octanol–water partition coefficient (Wildman–Crippen LogP) is 6.15. The van der Waals surface area contributed by atoms with Crippen LogP contribution in [0.5, 0.6) is 5.75 Å². The number of ether oxygens (including phenoxy) is 1. The molecule has 0 spiro atoms. The highest BCUT2D eigenvalue weighted by Crippen LogP contribution is 2.35. The molecule has 34 heavy (non-hydrogen) atoms. The van der Waals surface area contributed by atoms with Crippen LogP contribution in [-0.2, 0) is 6.61 Å². The number of thioether (sulfide) groups is 1. The Morgan fingerprint density at radius 3 is 2.56 bits per heavy atom. The minimum atomic E-state index is 0.0527. The van der Waals surface area contributed by atoms with E-state index in [1.807, 2.05) is 71.4 Å². The second kappa shape index (κ2) is 10.2. The summed E-state index contributed by atoms with van der Waals surface area (Å²) >= 11 is 1.80. The van der Waals surface area contributed by atoms with Crippen molar-refractivity contribution in [1.29, 1.82) is 0 Å². The Morgan fingerprint density at radius 1 is 1.03 bits per heavy atom. The number of ketones is 1. The van der Waals surface area contributed by atoms with Crippen LogP contribution in [0, 0.1) is 0 Å². The molecule has 0 unspecified atom stereocenters. The number of carbonyl (C=O) groups excluding carboxylic acids is 1. The Hall–Kier alpha value is -3.45. The SMILES string of the molecule is CC(=O)c1ccccc1-c1ccc(OCc2nnc(SC3CCCC3)n2-c2cccnc2)cc1. The van der Waals surface area contributed by atoms with Crippen molar-refractivity contribution < 1.29 is 9.53 Å². The third-order valence-electron chi connectivity index (χ3n) is 6.02. The van der Waals surface area contributed by atoms with Crippen molar-refractivity contribution in [1.82, 2.24) is 19.7 Å². The molecule has 1 aliphatic rings. The van der Waals surface area contributed by atoms with Crippen LogP contribution in [0.15, 0.2) is 78.2 Å². The lowest BCUT2D eigenvalue weighted by Crippen LogP contribution is -2.08. The summed E-state index contributed by atoms with van der Waals surface area (Å²) in [5, 5.41) is 10.4. The first kappa shape index (κ1) is 22.3. The third kappa shape index (κ3) is 4.89. The summed E-state index contributed by atoms with van der Waals surface area (Å²) in [6.45, 7) is 1.88. The van der Waals surface area contributed by atoms with Crippen LogP contribution in [0.3, 0.4) is 0 Å². The molecule has 2 aromatic carbocycles. The zero-order chi connectivity index (χ0) is 23.3. The lowest BCUT2D eigenvalue weighted by Gasteiger charge is -2.13. The van der Waals surface area contributed by atoms with Crippen LogP contribution in [0.1, 0.15) is 48.8 Å². The van der Waals surface area contributed by atoms with Crippen LogP contribution in [0.4, 0.5) is 0 Å². The Morgan fingerprint density at radius 2 is 1.82 bits per heavy atom. The quantitative estimate of drug-likeness (QED) is 0.288. The predicted molar refractivity (Wildman–Crippen MR) is 133 cm³/mol. The van der Waals surface area contributed by atoms with E-state index >= 15 is 0 Å². The Labute approximate surface area is 203 Å². The van der Waals surface area contributed by atoms with E-state index in [1.54, 1.807) is 24.9 Å². The molecule has 0 N–H and O–H groups in total. The van der Waals surface area contributed by atoms with Crippen LogP contribution in [0.2, 0.25) is 0 Å². The third-order valence-corrected chi connectivity index (χ3v) is 7.30. The van der Waals surface area contributed by atoms with E-state index in [4.69, 9.17) is 4.74 Å². The van der Waals surface area contributed by atoms with Gasteiger partial charge in [0.1, 0.15) is 12.4 Å². The molecular formula is C27H26N4O2S. The van der Waals surface area contributed by atoms with Gasteiger partial charge < -0.3 is 4.74 Å². The van der Waals surface area contributed by atoms with Gasteiger partial charge in [-0.15, -0.1) is 10.2 Å². The fourth-order valence-electron chi connectivity index (χ4n) is 4.29. The number of aromatic nitrogens is 4. The van der Waals surface area contributed by atoms with Crippen molar-refractivity contribution in [2.24, 2.45) is 0 Å². The number of nitrogens with zero attached hydrogens (tertiary/aromatic N) is 4. The van der Waals surface area contributed by atoms with Gasteiger partial charge in [-0.25, -0.2) is 0 Å². The van der Waals surface area contributed by atoms with Crippen molar-refractivity contribution in [2.45, 2.75) is 49.6 Å². The topological polar surface area (TPSA) is 69.9 Å². The van der Waals surface area contributed by atoms with Crippen molar-refractivity contribution in [3.05, 3.63) is 84.4 Å². The number of rotatable bonds is 8. The Kier molecular flexibility index (Phi) is 6.72. The molecule has 0 amide bonds. The lowest BCUT2D eigenvalue weighted by molar-refractivity contribution is 0.101. The molecule has 172 valence electrons. The van der Waals surface area contributed by atoms with E-state index < -0.39 is 0 Å². The zero-order valence-corrected chi connectivity index (χ0v) is 19.9. The molecule has 0 radical (unpaired) electrons. The highest BCUT2D eigenvalue weighted by atomic mass is 32.2. The molecule has 0 aliphatic heterocycles. The highest BCUT2D eigenvalue weighted by Gasteiger charge is 2.22. The number of pyridine rings is 1. The summed E-state index contributed by atoms with van der Waals surface area (Å²) < 4.78 is 8.14.